The zero-order valence-electron chi connectivity index (χ0n) is 7.67. The molecule has 0 spiro atoms. The topological polar surface area (TPSA) is 95.1 Å². The highest BCUT2D eigenvalue weighted by atomic mass is 32.2. The fraction of sp³-hybridized carbons (Fsp3) is 0.429. The Labute approximate surface area is 81.4 Å². The van der Waals surface area contributed by atoms with E-state index in [1.54, 1.807) is 0 Å². The minimum atomic E-state index is -4.02. The first-order valence-corrected chi connectivity index (χ1v) is 5.59. The van der Waals surface area contributed by atoms with Gasteiger partial charge in [-0.15, -0.1) is 0 Å². The lowest BCUT2D eigenvalue weighted by Gasteiger charge is -2.03. The van der Waals surface area contributed by atoms with Gasteiger partial charge < -0.3 is 4.57 Å². The highest BCUT2D eigenvalue weighted by molar-refractivity contribution is 7.89. The molecular weight excluding hydrogens is 206 g/mol. The van der Waals surface area contributed by atoms with Crippen molar-refractivity contribution in [1.82, 2.24) is 9.55 Å². The van der Waals surface area contributed by atoms with Gasteiger partial charge in [0, 0.05) is 18.9 Å². The van der Waals surface area contributed by atoms with Crippen LogP contribution < -0.4 is 10.7 Å². The molecule has 0 radical (unpaired) electrons. The summed E-state index contributed by atoms with van der Waals surface area (Å²) in [5, 5.41) is 4.22. The molecule has 0 fully saturated rings. The van der Waals surface area contributed by atoms with Gasteiger partial charge in [-0.2, -0.15) is 0 Å². The monoisotopic (exact) mass is 217 g/mol. The molecule has 1 aromatic rings. The molecule has 6 nitrogen and oxygen atoms in total. The Bertz CT molecular complexity index is 477. The summed E-state index contributed by atoms with van der Waals surface area (Å²) in [6, 6.07) is 0. The molecule has 0 atom stereocenters. The van der Waals surface area contributed by atoms with Crippen LogP contribution >= 0.6 is 0 Å². The fourth-order valence-electron chi connectivity index (χ4n) is 1.04. The molecule has 0 saturated carbocycles. The summed E-state index contributed by atoms with van der Waals surface area (Å²) < 4.78 is 23.1. The lowest BCUT2D eigenvalue weighted by molar-refractivity contribution is 0.580. The van der Waals surface area contributed by atoms with Gasteiger partial charge in [-0.3, -0.25) is 4.79 Å². The molecule has 0 aliphatic carbocycles. The van der Waals surface area contributed by atoms with E-state index in [0.29, 0.717) is 6.54 Å². The molecular formula is C7H11N3O3S. The van der Waals surface area contributed by atoms with Crippen LogP contribution in [-0.2, 0) is 16.6 Å². The maximum Gasteiger partial charge on any atom is 0.289 e. The highest BCUT2D eigenvalue weighted by Gasteiger charge is 2.15. The third-order valence-corrected chi connectivity index (χ3v) is 2.44. The minimum absolute atomic E-state index is 0.448. The van der Waals surface area contributed by atoms with Crippen molar-refractivity contribution in [2.24, 2.45) is 5.14 Å². The average molecular weight is 217 g/mol. The Hall–Kier alpha value is -1.21. The summed E-state index contributed by atoms with van der Waals surface area (Å²) in [6.07, 6.45) is 3.41. The molecule has 0 unspecified atom stereocenters. The molecule has 1 heterocycles. The first-order valence-electron chi connectivity index (χ1n) is 4.05. The van der Waals surface area contributed by atoms with Crippen LogP contribution in [0.25, 0.3) is 0 Å². The first kappa shape index (κ1) is 10.9. The molecule has 7 heteroatoms. The summed E-state index contributed by atoms with van der Waals surface area (Å²) in [5.41, 5.74) is -0.670. The normalized spacial score (nSPS) is 11.6. The van der Waals surface area contributed by atoms with Crippen LogP contribution in [0.3, 0.4) is 0 Å². The molecule has 14 heavy (non-hydrogen) atoms. The van der Waals surface area contributed by atoms with Gasteiger partial charge in [-0.1, -0.05) is 6.92 Å². The number of hydrogen-bond acceptors (Lipinski definition) is 4. The van der Waals surface area contributed by atoms with Crippen molar-refractivity contribution in [3.05, 3.63) is 22.7 Å². The molecule has 78 valence electrons. The van der Waals surface area contributed by atoms with Gasteiger partial charge >= 0.3 is 0 Å². The van der Waals surface area contributed by atoms with E-state index in [2.05, 4.69) is 4.98 Å². The van der Waals surface area contributed by atoms with Gasteiger partial charge in [0.1, 0.15) is 0 Å². The van der Waals surface area contributed by atoms with Crippen molar-refractivity contribution in [1.29, 1.82) is 0 Å². The fourth-order valence-corrected chi connectivity index (χ4v) is 1.61. The van der Waals surface area contributed by atoms with E-state index < -0.39 is 20.6 Å². The Kier molecular flexibility index (Phi) is 3.02. The second-order valence-electron chi connectivity index (χ2n) is 2.78. The van der Waals surface area contributed by atoms with E-state index in [1.807, 2.05) is 6.92 Å². The summed E-state index contributed by atoms with van der Waals surface area (Å²) in [5.74, 6) is 0. The predicted octanol–water partition coefficient (Wildman–Crippen LogP) is -0.699. The Balaban J connectivity index is 3.36. The maximum atomic E-state index is 11.4. The minimum Gasteiger partial charge on any atom is -0.311 e. The van der Waals surface area contributed by atoms with E-state index in [0.717, 1.165) is 6.42 Å². The Morgan fingerprint density at radius 1 is 1.57 bits per heavy atom. The van der Waals surface area contributed by atoms with Gasteiger partial charge in [0.15, 0.2) is 0 Å². The van der Waals surface area contributed by atoms with E-state index in [4.69, 9.17) is 5.14 Å². The molecule has 1 rings (SSSR count). The summed E-state index contributed by atoms with van der Waals surface area (Å²) in [6.45, 7) is 2.33. The molecule has 0 saturated heterocycles. The van der Waals surface area contributed by atoms with Gasteiger partial charge in [0.05, 0.1) is 0 Å². The molecule has 0 bridgehead atoms. The number of aryl methyl sites for hydroxylation is 1. The van der Waals surface area contributed by atoms with Crippen LogP contribution in [-0.4, -0.2) is 18.0 Å². The smallest absolute Gasteiger partial charge is 0.289 e. The first-order chi connectivity index (χ1) is 6.46. The molecule has 0 aliphatic heterocycles. The van der Waals surface area contributed by atoms with Crippen molar-refractivity contribution >= 4 is 10.0 Å². The molecule has 0 amide bonds. The van der Waals surface area contributed by atoms with Gasteiger partial charge in [-0.25, -0.2) is 18.5 Å². The number of sulfonamides is 1. The zero-order chi connectivity index (χ0) is 10.8. The molecule has 2 N–H and O–H groups in total. The van der Waals surface area contributed by atoms with Crippen LogP contribution in [0.4, 0.5) is 0 Å². The van der Waals surface area contributed by atoms with Crippen LogP contribution in [0.5, 0.6) is 0 Å². The van der Waals surface area contributed by atoms with Crippen molar-refractivity contribution in [3.63, 3.8) is 0 Å². The third kappa shape index (κ3) is 2.18. The van der Waals surface area contributed by atoms with Crippen LogP contribution in [0.1, 0.15) is 13.3 Å². The number of hydrogen-bond donors (Lipinski definition) is 1. The lowest BCUT2D eigenvalue weighted by Crippen LogP contribution is -2.30. The SMILES string of the molecule is CCCn1ccnc(S(N)(=O)=O)c1=O. The van der Waals surface area contributed by atoms with E-state index >= 15 is 0 Å². The zero-order valence-corrected chi connectivity index (χ0v) is 8.49. The van der Waals surface area contributed by atoms with E-state index in [1.165, 1.54) is 17.0 Å². The van der Waals surface area contributed by atoms with Gasteiger partial charge in [-0.05, 0) is 6.42 Å². The summed E-state index contributed by atoms with van der Waals surface area (Å²) >= 11 is 0. The van der Waals surface area contributed by atoms with Crippen LogP contribution in [0.15, 0.2) is 22.2 Å². The number of rotatable bonds is 3. The number of aromatic nitrogens is 2. The average Bonchev–Trinajstić information content (AvgIpc) is 2.07. The van der Waals surface area contributed by atoms with Crippen molar-refractivity contribution < 1.29 is 8.42 Å². The van der Waals surface area contributed by atoms with E-state index in [-0.39, 0.29) is 0 Å². The van der Waals surface area contributed by atoms with Crippen molar-refractivity contribution in [2.45, 2.75) is 24.9 Å². The largest absolute Gasteiger partial charge is 0.311 e. The Morgan fingerprint density at radius 2 is 2.21 bits per heavy atom. The molecule has 0 aliphatic rings. The van der Waals surface area contributed by atoms with Gasteiger partial charge in [0.25, 0.3) is 15.6 Å². The second kappa shape index (κ2) is 3.89. The second-order valence-corrected chi connectivity index (χ2v) is 4.25. The Morgan fingerprint density at radius 3 is 2.71 bits per heavy atom. The molecule has 0 aromatic carbocycles. The van der Waals surface area contributed by atoms with Crippen LogP contribution in [0, 0.1) is 0 Å². The lowest BCUT2D eigenvalue weighted by atomic mass is 10.5. The summed E-state index contributed by atoms with van der Waals surface area (Å²) in [4.78, 5) is 14.9. The quantitative estimate of drug-likeness (QED) is 0.724. The standard InChI is InChI=1S/C7H11N3O3S/c1-2-4-10-5-3-9-6(7(10)11)14(8,12)13/h3,5H,2,4H2,1H3,(H2,8,12,13). The van der Waals surface area contributed by atoms with Gasteiger partial charge in [0.2, 0.25) is 5.03 Å². The van der Waals surface area contributed by atoms with E-state index in [9.17, 15) is 13.2 Å². The van der Waals surface area contributed by atoms with Crippen molar-refractivity contribution in [2.75, 3.05) is 0 Å². The van der Waals surface area contributed by atoms with Crippen LogP contribution in [0.2, 0.25) is 0 Å². The third-order valence-electron chi connectivity index (χ3n) is 1.62. The molecule has 1 aromatic heterocycles. The predicted molar refractivity (Wildman–Crippen MR) is 50.2 cm³/mol. The van der Waals surface area contributed by atoms with Crippen molar-refractivity contribution in [3.8, 4) is 0 Å². The number of nitrogens with two attached hydrogens (primary N) is 1. The number of nitrogens with zero attached hydrogens (tertiary/aromatic N) is 2. The number of primary sulfonamides is 1. The highest BCUT2D eigenvalue weighted by Crippen LogP contribution is 1.94. The maximum absolute atomic E-state index is 11.4. The summed E-state index contributed by atoms with van der Waals surface area (Å²) in [7, 11) is -4.02.